The lowest BCUT2D eigenvalue weighted by Crippen LogP contribution is -2.26. The molecule has 0 aliphatic heterocycles. The predicted molar refractivity (Wildman–Crippen MR) is 123 cm³/mol. The molecule has 0 aliphatic rings. The van der Waals surface area contributed by atoms with Crippen LogP contribution in [0.2, 0.25) is 5.02 Å². The summed E-state index contributed by atoms with van der Waals surface area (Å²) in [6.45, 7) is 1.86. The van der Waals surface area contributed by atoms with Crippen LogP contribution in [0, 0.1) is 0 Å². The minimum Gasteiger partial charge on any atom is -0.457 e. The summed E-state index contributed by atoms with van der Waals surface area (Å²) in [5.41, 5.74) is 0.544. The lowest BCUT2D eigenvalue weighted by Gasteiger charge is -2.16. The van der Waals surface area contributed by atoms with Gasteiger partial charge in [-0.2, -0.15) is 13.2 Å². The van der Waals surface area contributed by atoms with Crippen LogP contribution in [0.5, 0.6) is 11.5 Å². The Morgan fingerprint density at radius 1 is 0.939 bits per heavy atom. The second-order valence-electron chi connectivity index (χ2n) is 7.53. The molecule has 0 heterocycles. The first-order valence-electron chi connectivity index (χ1n) is 10.2. The molecule has 4 aromatic carbocycles. The molecule has 3 nitrogen and oxygen atoms in total. The highest BCUT2D eigenvalue weighted by Crippen LogP contribution is 2.34. The highest BCUT2D eigenvalue weighted by molar-refractivity contribution is 6.31. The number of fused-ring (bicyclic) bond motifs is 1. The third kappa shape index (κ3) is 5.12. The quantitative estimate of drug-likeness (QED) is 0.324. The van der Waals surface area contributed by atoms with Gasteiger partial charge in [0.2, 0.25) is 0 Å². The molecule has 0 aliphatic carbocycles. The summed E-state index contributed by atoms with van der Waals surface area (Å²) in [5, 5.41) is 5.01. The molecule has 1 atom stereocenters. The Bertz CT molecular complexity index is 1300. The minimum absolute atomic E-state index is 0.251. The smallest absolute Gasteiger partial charge is 0.416 e. The van der Waals surface area contributed by atoms with E-state index in [4.69, 9.17) is 16.3 Å². The molecule has 33 heavy (non-hydrogen) atoms. The third-order valence-corrected chi connectivity index (χ3v) is 5.58. The maximum Gasteiger partial charge on any atom is 0.416 e. The molecule has 0 fully saturated rings. The highest BCUT2D eigenvalue weighted by Gasteiger charge is 2.30. The van der Waals surface area contributed by atoms with Gasteiger partial charge in [0.1, 0.15) is 11.5 Å². The van der Waals surface area contributed by atoms with Gasteiger partial charge in [0.05, 0.1) is 11.6 Å². The van der Waals surface area contributed by atoms with Gasteiger partial charge in [0, 0.05) is 16.0 Å². The number of carbonyl (C=O) groups is 1. The lowest BCUT2D eigenvalue weighted by molar-refractivity contribution is -0.137. The van der Waals surface area contributed by atoms with Crippen molar-refractivity contribution >= 4 is 28.3 Å². The summed E-state index contributed by atoms with van der Waals surface area (Å²) >= 11 is 6.22. The maximum atomic E-state index is 12.8. The molecule has 4 rings (SSSR count). The fourth-order valence-corrected chi connectivity index (χ4v) is 3.81. The summed E-state index contributed by atoms with van der Waals surface area (Å²) in [4.78, 5) is 12.8. The topological polar surface area (TPSA) is 38.3 Å². The largest absolute Gasteiger partial charge is 0.457 e. The van der Waals surface area contributed by atoms with Crippen LogP contribution in [0.25, 0.3) is 10.8 Å². The van der Waals surface area contributed by atoms with Gasteiger partial charge in [-0.05, 0) is 72.5 Å². The van der Waals surface area contributed by atoms with Crippen LogP contribution in [0.15, 0.2) is 84.9 Å². The first-order valence-corrected chi connectivity index (χ1v) is 10.5. The van der Waals surface area contributed by atoms with Crippen molar-refractivity contribution in [3.63, 3.8) is 0 Å². The monoisotopic (exact) mass is 469 g/mol. The number of rotatable bonds is 5. The number of hydrogen-bond acceptors (Lipinski definition) is 2. The number of carbonyl (C=O) groups excluding carboxylic acids is 1. The van der Waals surface area contributed by atoms with E-state index < -0.39 is 11.7 Å². The SMILES string of the molecule is C[C@H](NC(=O)c1ccc2c(Oc3ccc(C(F)(F)F)cc3)cccc2c1)c1ccccc1Cl. The average molecular weight is 470 g/mol. The average Bonchev–Trinajstić information content (AvgIpc) is 2.79. The van der Waals surface area contributed by atoms with Gasteiger partial charge in [0.25, 0.3) is 5.91 Å². The first kappa shape index (κ1) is 22.7. The molecule has 7 heteroatoms. The van der Waals surface area contributed by atoms with Crippen molar-refractivity contribution in [2.24, 2.45) is 0 Å². The molecule has 0 unspecified atom stereocenters. The Hall–Kier alpha value is -3.51. The number of amides is 1. The zero-order valence-electron chi connectivity index (χ0n) is 17.5. The van der Waals surface area contributed by atoms with Gasteiger partial charge in [-0.15, -0.1) is 0 Å². The van der Waals surface area contributed by atoms with Crippen molar-refractivity contribution in [1.82, 2.24) is 5.32 Å². The van der Waals surface area contributed by atoms with E-state index in [1.807, 2.05) is 31.2 Å². The van der Waals surface area contributed by atoms with Crippen molar-refractivity contribution in [3.05, 3.63) is 107 Å². The van der Waals surface area contributed by atoms with Crippen molar-refractivity contribution < 1.29 is 22.7 Å². The molecule has 0 bridgehead atoms. The molecule has 1 N–H and O–H groups in total. The van der Waals surface area contributed by atoms with Crippen LogP contribution in [0.4, 0.5) is 13.2 Å². The van der Waals surface area contributed by atoms with Crippen molar-refractivity contribution in [2.45, 2.75) is 19.1 Å². The van der Waals surface area contributed by atoms with Crippen molar-refractivity contribution in [3.8, 4) is 11.5 Å². The number of hydrogen-bond donors (Lipinski definition) is 1. The van der Waals surface area contributed by atoms with Crippen LogP contribution < -0.4 is 10.1 Å². The van der Waals surface area contributed by atoms with E-state index in [0.717, 1.165) is 28.5 Å². The molecular formula is C26H19ClF3NO2. The van der Waals surface area contributed by atoms with E-state index in [0.29, 0.717) is 16.3 Å². The zero-order chi connectivity index (χ0) is 23.6. The van der Waals surface area contributed by atoms with E-state index in [1.165, 1.54) is 12.1 Å². The summed E-state index contributed by atoms with van der Waals surface area (Å²) < 4.78 is 44.1. The third-order valence-electron chi connectivity index (χ3n) is 5.23. The molecule has 0 spiro atoms. The number of benzene rings is 4. The number of nitrogens with one attached hydrogen (secondary N) is 1. The predicted octanol–water partition coefficient (Wildman–Crippen LogP) is 7.80. The van der Waals surface area contributed by atoms with Crippen molar-refractivity contribution in [2.75, 3.05) is 0 Å². The summed E-state index contributed by atoms with van der Waals surface area (Å²) in [6, 6.07) is 22.0. The standard InChI is InChI=1S/C26H19ClF3NO2/c1-16(21-6-2-3-7-23(21)27)31-25(32)18-9-14-22-17(15-18)5-4-8-24(22)33-20-12-10-19(11-13-20)26(28,29)30/h2-16H,1H3,(H,31,32)/t16-/m0/s1. The Morgan fingerprint density at radius 3 is 2.36 bits per heavy atom. The summed E-state index contributed by atoms with van der Waals surface area (Å²) in [5.74, 6) is 0.507. The van der Waals surface area contributed by atoms with E-state index in [2.05, 4.69) is 5.32 Å². The molecule has 168 valence electrons. The maximum absolute atomic E-state index is 12.8. The Kier molecular flexibility index (Phi) is 6.29. The van der Waals surface area contributed by atoms with Gasteiger partial charge in [-0.25, -0.2) is 0 Å². The fourth-order valence-electron chi connectivity index (χ4n) is 3.51. The minimum atomic E-state index is -4.40. The Morgan fingerprint density at radius 2 is 1.67 bits per heavy atom. The van der Waals surface area contributed by atoms with Gasteiger partial charge in [0.15, 0.2) is 0 Å². The molecule has 0 saturated carbocycles. The molecular weight excluding hydrogens is 451 g/mol. The number of halogens is 4. The molecule has 0 radical (unpaired) electrons. The van der Waals surface area contributed by atoms with Crippen LogP contribution in [-0.4, -0.2) is 5.91 Å². The van der Waals surface area contributed by atoms with Crippen LogP contribution in [0.1, 0.15) is 34.5 Å². The Labute approximate surface area is 193 Å². The first-order chi connectivity index (χ1) is 15.7. The summed E-state index contributed by atoms with van der Waals surface area (Å²) in [7, 11) is 0. The van der Waals surface area contributed by atoms with E-state index >= 15 is 0 Å². The van der Waals surface area contributed by atoms with Crippen LogP contribution in [-0.2, 0) is 6.18 Å². The second-order valence-corrected chi connectivity index (χ2v) is 7.94. The zero-order valence-corrected chi connectivity index (χ0v) is 18.2. The molecule has 4 aromatic rings. The van der Waals surface area contributed by atoms with Crippen LogP contribution in [0.3, 0.4) is 0 Å². The lowest BCUT2D eigenvalue weighted by atomic mass is 10.0. The molecule has 0 saturated heterocycles. The normalized spacial score (nSPS) is 12.4. The highest BCUT2D eigenvalue weighted by atomic mass is 35.5. The Balaban J connectivity index is 1.54. The van der Waals surface area contributed by atoms with E-state index in [1.54, 1.807) is 36.4 Å². The summed E-state index contributed by atoms with van der Waals surface area (Å²) in [6.07, 6.45) is -4.40. The van der Waals surface area contributed by atoms with Crippen molar-refractivity contribution in [1.29, 1.82) is 0 Å². The van der Waals surface area contributed by atoms with Gasteiger partial charge in [-0.3, -0.25) is 4.79 Å². The van der Waals surface area contributed by atoms with Gasteiger partial charge < -0.3 is 10.1 Å². The second kappa shape index (κ2) is 9.16. The number of ether oxygens (including phenoxy) is 1. The van der Waals surface area contributed by atoms with Gasteiger partial charge in [-0.1, -0.05) is 41.9 Å². The van der Waals surface area contributed by atoms with Gasteiger partial charge >= 0.3 is 6.18 Å². The van der Waals surface area contributed by atoms with Crippen LogP contribution >= 0.6 is 11.6 Å². The number of alkyl halides is 3. The molecule has 0 aromatic heterocycles. The fraction of sp³-hybridized carbons (Fsp3) is 0.115. The molecule has 1 amide bonds. The van der Waals surface area contributed by atoms with E-state index in [-0.39, 0.29) is 17.7 Å². The van der Waals surface area contributed by atoms with E-state index in [9.17, 15) is 18.0 Å².